The van der Waals surface area contributed by atoms with E-state index in [-0.39, 0.29) is 26.1 Å². The number of carbonyl (C=O) groups is 1. The van der Waals surface area contributed by atoms with Gasteiger partial charge in [0.1, 0.15) is 11.3 Å². The van der Waals surface area contributed by atoms with Crippen LogP contribution in [0.1, 0.15) is 12.0 Å². The van der Waals surface area contributed by atoms with Crippen molar-refractivity contribution < 1.29 is 22.7 Å². The van der Waals surface area contributed by atoms with E-state index in [0.29, 0.717) is 21.6 Å². The minimum atomic E-state index is -4.92. The maximum absolute atomic E-state index is 12.9. The second-order valence-corrected chi connectivity index (χ2v) is 6.58. The lowest BCUT2D eigenvalue weighted by atomic mass is 10.2. The van der Waals surface area contributed by atoms with Crippen molar-refractivity contribution >= 4 is 29.2 Å². The van der Waals surface area contributed by atoms with Gasteiger partial charge in [0.2, 0.25) is 0 Å². The SMILES string of the molecule is O=C(N(CCCOc1cccc2[nH]c(=S)[nH]c12)Cc1ccccc1)C(F)(F)F. The number of alkyl halides is 3. The zero-order valence-corrected chi connectivity index (χ0v) is 15.6. The molecule has 9 heteroatoms. The Morgan fingerprint density at radius 2 is 1.82 bits per heavy atom. The normalized spacial score (nSPS) is 11.5. The molecule has 3 rings (SSSR count). The standard InChI is InChI=1S/C19H18F3N3O2S/c20-19(21,22)17(26)25(12-13-6-2-1-3-7-13)10-5-11-27-15-9-4-8-14-16(15)24-18(28)23-14/h1-4,6-9H,5,10-12H2,(H2,23,24,28). The van der Waals surface area contributed by atoms with Gasteiger partial charge in [0.05, 0.1) is 12.1 Å². The summed E-state index contributed by atoms with van der Waals surface area (Å²) in [6.45, 7) is -0.0344. The van der Waals surface area contributed by atoms with Gasteiger partial charge < -0.3 is 19.6 Å². The van der Waals surface area contributed by atoms with E-state index in [0.717, 1.165) is 10.4 Å². The van der Waals surface area contributed by atoms with Gasteiger partial charge in [-0.1, -0.05) is 36.4 Å². The first kappa shape index (κ1) is 19.9. The molecule has 0 spiro atoms. The van der Waals surface area contributed by atoms with E-state index >= 15 is 0 Å². The number of carbonyl (C=O) groups excluding carboxylic acids is 1. The lowest BCUT2D eigenvalue weighted by molar-refractivity contribution is -0.186. The first-order valence-corrected chi connectivity index (χ1v) is 8.99. The Hall–Kier alpha value is -2.81. The van der Waals surface area contributed by atoms with Gasteiger partial charge in [-0.05, 0) is 36.3 Å². The van der Waals surface area contributed by atoms with Crippen LogP contribution >= 0.6 is 12.2 Å². The molecule has 2 N–H and O–H groups in total. The van der Waals surface area contributed by atoms with Crippen molar-refractivity contribution in [2.75, 3.05) is 13.2 Å². The van der Waals surface area contributed by atoms with Crippen molar-refractivity contribution in [3.05, 3.63) is 58.9 Å². The summed E-state index contributed by atoms with van der Waals surface area (Å²) in [4.78, 5) is 18.5. The van der Waals surface area contributed by atoms with E-state index in [9.17, 15) is 18.0 Å². The molecule has 0 saturated carbocycles. The second-order valence-electron chi connectivity index (χ2n) is 6.17. The number of hydrogen-bond acceptors (Lipinski definition) is 3. The van der Waals surface area contributed by atoms with Crippen molar-refractivity contribution in [1.29, 1.82) is 0 Å². The highest BCUT2D eigenvalue weighted by atomic mass is 32.1. The van der Waals surface area contributed by atoms with Crippen molar-refractivity contribution in [2.45, 2.75) is 19.1 Å². The largest absolute Gasteiger partial charge is 0.491 e. The number of H-pyrrole nitrogens is 2. The first-order chi connectivity index (χ1) is 13.3. The lowest BCUT2D eigenvalue weighted by Gasteiger charge is -2.24. The Kier molecular flexibility index (Phi) is 6.03. The first-order valence-electron chi connectivity index (χ1n) is 8.58. The van der Waals surface area contributed by atoms with Gasteiger partial charge >= 0.3 is 12.1 Å². The maximum atomic E-state index is 12.9. The molecule has 1 aromatic heterocycles. The molecule has 0 fully saturated rings. The summed E-state index contributed by atoms with van der Waals surface area (Å²) in [5, 5.41) is 0. The highest BCUT2D eigenvalue weighted by molar-refractivity contribution is 7.71. The van der Waals surface area contributed by atoms with Crippen molar-refractivity contribution in [1.82, 2.24) is 14.9 Å². The van der Waals surface area contributed by atoms with Crippen molar-refractivity contribution in [2.24, 2.45) is 0 Å². The van der Waals surface area contributed by atoms with Gasteiger partial charge in [-0.25, -0.2) is 0 Å². The van der Waals surface area contributed by atoms with Crippen LogP contribution in [0.2, 0.25) is 0 Å². The highest BCUT2D eigenvalue weighted by Crippen LogP contribution is 2.23. The lowest BCUT2D eigenvalue weighted by Crippen LogP contribution is -2.41. The van der Waals surface area contributed by atoms with E-state index in [1.807, 2.05) is 6.07 Å². The van der Waals surface area contributed by atoms with Crippen molar-refractivity contribution in [3.8, 4) is 5.75 Å². The summed E-state index contributed by atoms with van der Waals surface area (Å²) in [6, 6.07) is 13.9. The number of fused-ring (bicyclic) bond motifs is 1. The fourth-order valence-corrected chi connectivity index (χ4v) is 3.04. The number of halogens is 3. The predicted octanol–water partition coefficient (Wildman–Crippen LogP) is 4.59. The molecule has 0 aliphatic carbocycles. The topological polar surface area (TPSA) is 61.1 Å². The van der Waals surface area contributed by atoms with Crippen LogP contribution < -0.4 is 4.74 Å². The number of aromatic nitrogens is 2. The molecule has 5 nitrogen and oxygen atoms in total. The molecule has 28 heavy (non-hydrogen) atoms. The number of para-hydroxylation sites is 1. The number of nitrogens with one attached hydrogen (secondary N) is 2. The predicted molar refractivity (Wildman–Crippen MR) is 102 cm³/mol. The number of nitrogens with zero attached hydrogens (tertiary/aromatic N) is 1. The average molecular weight is 409 g/mol. The van der Waals surface area contributed by atoms with Gasteiger partial charge in [0.25, 0.3) is 0 Å². The molecular formula is C19H18F3N3O2S. The Balaban J connectivity index is 1.63. The molecular weight excluding hydrogens is 391 g/mol. The number of hydrogen-bond donors (Lipinski definition) is 2. The van der Waals surface area contributed by atoms with Crippen LogP contribution in [0.4, 0.5) is 13.2 Å². The van der Waals surface area contributed by atoms with E-state index < -0.39 is 12.1 Å². The molecule has 0 aliphatic rings. The monoisotopic (exact) mass is 409 g/mol. The Bertz CT molecular complexity index is 999. The number of rotatable bonds is 7. The molecule has 3 aromatic rings. The molecule has 0 unspecified atom stereocenters. The van der Waals surface area contributed by atoms with Gasteiger partial charge in [0, 0.05) is 13.1 Å². The summed E-state index contributed by atoms with van der Waals surface area (Å²) < 4.78 is 44.9. The van der Waals surface area contributed by atoms with Gasteiger partial charge in [-0.15, -0.1) is 0 Å². The fraction of sp³-hybridized carbons (Fsp3) is 0.263. The third-order valence-corrected chi connectivity index (χ3v) is 4.29. The van der Waals surface area contributed by atoms with Crippen LogP contribution in [0, 0.1) is 4.77 Å². The summed E-state index contributed by atoms with van der Waals surface area (Å²) in [5.74, 6) is -1.31. The number of amides is 1. The molecule has 0 atom stereocenters. The van der Waals surface area contributed by atoms with E-state index in [4.69, 9.17) is 17.0 Å². The molecule has 0 bridgehead atoms. The second kappa shape index (κ2) is 8.47. The summed E-state index contributed by atoms with van der Waals surface area (Å²) in [7, 11) is 0. The van der Waals surface area contributed by atoms with Crippen LogP contribution in [-0.4, -0.2) is 40.1 Å². The van der Waals surface area contributed by atoms with Crippen LogP contribution in [0.5, 0.6) is 5.75 Å². The Morgan fingerprint density at radius 3 is 2.54 bits per heavy atom. The minimum absolute atomic E-state index is 0.0770. The third kappa shape index (κ3) is 4.92. The maximum Gasteiger partial charge on any atom is 0.471 e. The highest BCUT2D eigenvalue weighted by Gasteiger charge is 2.42. The molecule has 1 amide bonds. The van der Waals surface area contributed by atoms with E-state index in [1.165, 1.54) is 0 Å². The zero-order chi connectivity index (χ0) is 20.1. The minimum Gasteiger partial charge on any atom is -0.491 e. The summed E-state index contributed by atoms with van der Waals surface area (Å²) in [5.41, 5.74) is 2.10. The molecule has 1 heterocycles. The zero-order valence-electron chi connectivity index (χ0n) is 14.8. The third-order valence-electron chi connectivity index (χ3n) is 4.09. The molecule has 0 aliphatic heterocycles. The van der Waals surface area contributed by atoms with Gasteiger partial charge in [-0.3, -0.25) is 4.79 Å². The average Bonchev–Trinajstić information content (AvgIpc) is 3.04. The molecule has 2 aromatic carbocycles. The van der Waals surface area contributed by atoms with E-state index in [2.05, 4.69) is 9.97 Å². The number of aromatic amines is 2. The number of imidazole rings is 1. The number of ether oxygens (including phenoxy) is 1. The van der Waals surface area contributed by atoms with Gasteiger partial charge in [-0.2, -0.15) is 13.2 Å². The Labute approximate surface area is 164 Å². The van der Waals surface area contributed by atoms with Crippen molar-refractivity contribution in [3.63, 3.8) is 0 Å². The van der Waals surface area contributed by atoms with Crippen LogP contribution in [0.15, 0.2) is 48.5 Å². The number of benzene rings is 2. The van der Waals surface area contributed by atoms with Crippen LogP contribution in [0.25, 0.3) is 11.0 Å². The summed E-state index contributed by atoms with van der Waals surface area (Å²) in [6.07, 6.45) is -4.67. The van der Waals surface area contributed by atoms with E-state index in [1.54, 1.807) is 42.5 Å². The van der Waals surface area contributed by atoms with Gasteiger partial charge in [0.15, 0.2) is 4.77 Å². The quantitative estimate of drug-likeness (QED) is 0.443. The fourth-order valence-electron chi connectivity index (χ4n) is 2.82. The molecule has 148 valence electrons. The Morgan fingerprint density at radius 1 is 1.07 bits per heavy atom. The van der Waals surface area contributed by atoms with Crippen LogP contribution in [0.3, 0.4) is 0 Å². The molecule has 0 radical (unpaired) electrons. The van der Waals surface area contributed by atoms with Crippen LogP contribution in [-0.2, 0) is 11.3 Å². The summed E-state index contributed by atoms with van der Waals surface area (Å²) >= 11 is 5.05. The molecule has 0 saturated heterocycles. The smallest absolute Gasteiger partial charge is 0.471 e.